The van der Waals surface area contributed by atoms with Crippen molar-refractivity contribution in [2.45, 2.75) is 19.1 Å². The SMILES string of the molecule is CC1CNCC(COc2ccncc2)O1. The van der Waals surface area contributed by atoms with Crippen molar-refractivity contribution in [3.8, 4) is 5.75 Å². The van der Waals surface area contributed by atoms with Crippen LogP contribution in [0.1, 0.15) is 6.92 Å². The molecule has 4 heteroatoms. The minimum absolute atomic E-state index is 0.141. The van der Waals surface area contributed by atoms with E-state index >= 15 is 0 Å². The molecule has 0 amide bonds. The number of hydrogen-bond acceptors (Lipinski definition) is 4. The van der Waals surface area contributed by atoms with Crippen LogP contribution in [0.15, 0.2) is 24.5 Å². The minimum atomic E-state index is 0.141. The fourth-order valence-electron chi connectivity index (χ4n) is 1.59. The summed E-state index contributed by atoms with van der Waals surface area (Å²) in [5.74, 6) is 0.840. The zero-order valence-electron chi connectivity index (χ0n) is 8.85. The maximum atomic E-state index is 5.70. The number of hydrogen-bond donors (Lipinski definition) is 1. The number of aromatic nitrogens is 1. The monoisotopic (exact) mass is 208 g/mol. The van der Waals surface area contributed by atoms with E-state index in [4.69, 9.17) is 9.47 Å². The van der Waals surface area contributed by atoms with E-state index in [1.807, 2.05) is 12.1 Å². The van der Waals surface area contributed by atoms with E-state index < -0.39 is 0 Å². The van der Waals surface area contributed by atoms with E-state index in [-0.39, 0.29) is 12.2 Å². The lowest BCUT2D eigenvalue weighted by atomic mass is 10.2. The third-order valence-corrected chi connectivity index (χ3v) is 2.31. The van der Waals surface area contributed by atoms with Crippen molar-refractivity contribution < 1.29 is 9.47 Å². The molecule has 1 aromatic rings. The van der Waals surface area contributed by atoms with E-state index in [0.717, 1.165) is 18.8 Å². The van der Waals surface area contributed by atoms with Crippen LogP contribution in [0, 0.1) is 0 Å². The van der Waals surface area contributed by atoms with Gasteiger partial charge in [0.1, 0.15) is 18.5 Å². The van der Waals surface area contributed by atoms with Crippen molar-refractivity contribution in [1.82, 2.24) is 10.3 Å². The molecule has 2 heterocycles. The summed E-state index contributed by atoms with van der Waals surface area (Å²) in [6.07, 6.45) is 3.85. The molecule has 0 bridgehead atoms. The third kappa shape index (κ3) is 3.18. The standard InChI is InChI=1S/C11H16N2O2/c1-9-6-13-7-11(15-9)8-14-10-2-4-12-5-3-10/h2-5,9,11,13H,6-8H2,1H3. The first-order valence-corrected chi connectivity index (χ1v) is 5.23. The molecule has 0 radical (unpaired) electrons. The molecule has 0 saturated carbocycles. The number of morpholine rings is 1. The third-order valence-electron chi connectivity index (χ3n) is 2.31. The molecule has 82 valence electrons. The molecule has 1 N–H and O–H groups in total. The average Bonchev–Trinajstić information content (AvgIpc) is 2.28. The Balaban J connectivity index is 1.78. The first kappa shape index (κ1) is 10.4. The molecule has 4 nitrogen and oxygen atoms in total. The van der Waals surface area contributed by atoms with Crippen LogP contribution in [0.25, 0.3) is 0 Å². The molecule has 15 heavy (non-hydrogen) atoms. The van der Waals surface area contributed by atoms with Gasteiger partial charge in [0.15, 0.2) is 0 Å². The highest BCUT2D eigenvalue weighted by atomic mass is 16.5. The van der Waals surface area contributed by atoms with Gasteiger partial charge in [-0.1, -0.05) is 0 Å². The topological polar surface area (TPSA) is 43.4 Å². The first-order valence-electron chi connectivity index (χ1n) is 5.23. The van der Waals surface area contributed by atoms with E-state index in [2.05, 4.69) is 17.2 Å². The lowest BCUT2D eigenvalue weighted by Crippen LogP contribution is -2.45. The smallest absolute Gasteiger partial charge is 0.122 e. The summed E-state index contributed by atoms with van der Waals surface area (Å²) in [6.45, 7) is 4.42. The quantitative estimate of drug-likeness (QED) is 0.799. The molecule has 1 fully saturated rings. The van der Waals surface area contributed by atoms with Gasteiger partial charge in [-0.05, 0) is 19.1 Å². The number of nitrogens with zero attached hydrogens (tertiary/aromatic N) is 1. The van der Waals surface area contributed by atoms with Crippen molar-refractivity contribution in [1.29, 1.82) is 0 Å². The van der Waals surface area contributed by atoms with Crippen LogP contribution in [-0.4, -0.2) is 36.9 Å². The van der Waals surface area contributed by atoms with Gasteiger partial charge in [-0.2, -0.15) is 0 Å². The van der Waals surface area contributed by atoms with Crippen LogP contribution in [0.3, 0.4) is 0 Å². The minimum Gasteiger partial charge on any atom is -0.491 e. The van der Waals surface area contributed by atoms with E-state index in [1.165, 1.54) is 0 Å². The molecule has 1 aliphatic heterocycles. The second-order valence-electron chi connectivity index (χ2n) is 3.72. The molecule has 0 spiro atoms. The van der Waals surface area contributed by atoms with Crippen LogP contribution < -0.4 is 10.1 Å². The molecule has 1 saturated heterocycles. The van der Waals surface area contributed by atoms with Crippen LogP contribution in [0.5, 0.6) is 5.75 Å². The highest BCUT2D eigenvalue weighted by Crippen LogP contribution is 2.09. The summed E-state index contributed by atoms with van der Waals surface area (Å²) < 4.78 is 11.3. The Labute approximate surface area is 89.6 Å². The van der Waals surface area contributed by atoms with Gasteiger partial charge in [-0.25, -0.2) is 0 Å². The summed E-state index contributed by atoms with van der Waals surface area (Å²) in [7, 11) is 0. The van der Waals surface area contributed by atoms with Gasteiger partial charge in [0.2, 0.25) is 0 Å². The zero-order valence-corrected chi connectivity index (χ0v) is 8.85. The van der Waals surface area contributed by atoms with Gasteiger partial charge in [0.05, 0.1) is 6.10 Å². The highest BCUT2D eigenvalue weighted by molar-refractivity contribution is 5.16. The summed E-state index contributed by atoms with van der Waals surface area (Å²) in [5.41, 5.74) is 0. The molecule has 0 aromatic carbocycles. The summed E-state index contributed by atoms with van der Waals surface area (Å²) >= 11 is 0. The molecular formula is C11H16N2O2. The van der Waals surface area contributed by atoms with Crippen LogP contribution >= 0.6 is 0 Å². The maximum Gasteiger partial charge on any atom is 0.122 e. The Bertz CT molecular complexity index is 292. The zero-order chi connectivity index (χ0) is 10.5. The second-order valence-corrected chi connectivity index (χ2v) is 3.72. The van der Waals surface area contributed by atoms with Crippen molar-refractivity contribution in [2.75, 3.05) is 19.7 Å². The Kier molecular flexibility index (Phi) is 3.53. The van der Waals surface area contributed by atoms with Gasteiger partial charge < -0.3 is 14.8 Å². The van der Waals surface area contributed by atoms with E-state index in [9.17, 15) is 0 Å². The molecule has 1 aromatic heterocycles. The molecule has 1 aliphatic rings. The lowest BCUT2D eigenvalue weighted by molar-refractivity contribution is -0.0470. The average molecular weight is 208 g/mol. The number of ether oxygens (including phenoxy) is 2. The van der Waals surface area contributed by atoms with Crippen LogP contribution in [-0.2, 0) is 4.74 Å². The number of pyridine rings is 1. The number of rotatable bonds is 3. The Morgan fingerprint density at radius 2 is 2.27 bits per heavy atom. The predicted octanol–water partition coefficient (Wildman–Crippen LogP) is 0.837. The van der Waals surface area contributed by atoms with E-state index in [0.29, 0.717) is 6.61 Å². The van der Waals surface area contributed by atoms with Gasteiger partial charge in [0.25, 0.3) is 0 Å². The van der Waals surface area contributed by atoms with Crippen molar-refractivity contribution in [3.63, 3.8) is 0 Å². The predicted molar refractivity (Wildman–Crippen MR) is 56.9 cm³/mol. The summed E-state index contributed by atoms with van der Waals surface area (Å²) in [4.78, 5) is 3.93. The second kappa shape index (κ2) is 5.09. The first-order chi connectivity index (χ1) is 7.34. The van der Waals surface area contributed by atoms with Crippen LogP contribution in [0.2, 0.25) is 0 Å². The van der Waals surface area contributed by atoms with Crippen molar-refractivity contribution in [3.05, 3.63) is 24.5 Å². The summed E-state index contributed by atoms with van der Waals surface area (Å²) in [6, 6.07) is 3.69. The van der Waals surface area contributed by atoms with Gasteiger partial charge in [-0.3, -0.25) is 4.98 Å². The molecule has 2 atom stereocenters. The van der Waals surface area contributed by atoms with Gasteiger partial charge in [0, 0.05) is 25.5 Å². The van der Waals surface area contributed by atoms with Gasteiger partial charge in [-0.15, -0.1) is 0 Å². The molecule has 2 unspecified atom stereocenters. The maximum absolute atomic E-state index is 5.70. The summed E-state index contributed by atoms with van der Waals surface area (Å²) in [5, 5.41) is 3.30. The Morgan fingerprint density at radius 3 is 3.00 bits per heavy atom. The van der Waals surface area contributed by atoms with Crippen LogP contribution in [0.4, 0.5) is 0 Å². The van der Waals surface area contributed by atoms with E-state index in [1.54, 1.807) is 12.4 Å². The fourth-order valence-corrected chi connectivity index (χ4v) is 1.59. The fraction of sp³-hybridized carbons (Fsp3) is 0.545. The number of nitrogens with one attached hydrogen (secondary N) is 1. The largest absolute Gasteiger partial charge is 0.491 e. The van der Waals surface area contributed by atoms with Crippen molar-refractivity contribution >= 4 is 0 Å². The lowest BCUT2D eigenvalue weighted by Gasteiger charge is -2.28. The Hall–Kier alpha value is -1.13. The molecule has 0 aliphatic carbocycles. The van der Waals surface area contributed by atoms with Crippen molar-refractivity contribution in [2.24, 2.45) is 0 Å². The molecular weight excluding hydrogens is 192 g/mol. The molecule has 2 rings (SSSR count). The van der Waals surface area contributed by atoms with Gasteiger partial charge >= 0.3 is 0 Å². The normalized spacial score (nSPS) is 26.2. The Morgan fingerprint density at radius 1 is 1.47 bits per heavy atom. The highest BCUT2D eigenvalue weighted by Gasteiger charge is 2.18.